The maximum absolute atomic E-state index is 14.8. The third-order valence-electron chi connectivity index (χ3n) is 5.23. The predicted octanol–water partition coefficient (Wildman–Crippen LogP) is 2.81. The SMILES string of the molecule is FC1(F)CCN(Cc2ccco2)CC12CCN(c1cnccn1)C2. The largest absolute Gasteiger partial charge is 0.468 e. The predicted molar refractivity (Wildman–Crippen MR) is 84.8 cm³/mol. The van der Waals surface area contributed by atoms with Crippen LogP contribution in [0.25, 0.3) is 0 Å². The van der Waals surface area contributed by atoms with Crippen LogP contribution in [0.1, 0.15) is 18.6 Å². The van der Waals surface area contributed by atoms with Crippen molar-refractivity contribution < 1.29 is 13.2 Å². The first kappa shape index (κ1) is 15.5. The van der Waals surface area contributed by atoms with Crippen molar-refractivity contribution in [2.45, 2.75) is 25.3 Å². The van der Waals surface area contributed by atoms with E-state index in [4.69, 9.17) is 4.42 Å². The zero-order chi connectivity index (χ0) is 16.6. The molecule has 2 saturated heterocycles. The van der Waals surface area contributed by atoms with Gasteiger partial charge >= 0.3 is 0 Å². The highest BCUT2D eigenvalue weighted by atomic mass is 19.3. The summed E-state index contributed by atoms with van der Waals surface area (Å²) in [6.07, 6.45) is 6.81. The fraction of sp³-hybridized carbons (Fsp3) is 0.529. The van der Waals surface area contributed by atoms with Crippen LogP contribution >= 0.6 is 0 Å². The number of furan rings is 1. The topological polar surface area (TPSA) is 45.4 Å². The van der Waals surface area contributed by atoms with E-state index in [2.05, 4.69) is 14.9 Å². The van der Waals surface area contributed by atoms with E-state index in [0.717, 1.165) is 5.76 Å². The number of rotatable bonds is 3. The highest BCUT2D eigenvalue weighted by Gasteiger charge is 2.59. The van der Waals surface area contributed by atoms with Crippen molar-refractivity contribution in [3.05, 3.63) is 42.7 Å². The Bertz CT molecular complexity index is 679. The molecule has 7 heteroatoms. The summed E-state index contributed by atoms with van der Waals surface area (Å²) >= 11 is 0. The summed E-state index contributed by atoms with van der Waals surface area (Å²) in [5.41, 5.74) is -1.03. The molecule has 0 amide bonds. The lowest BCUT2D eigenvalue weighted by Gasteiger charge is -2.45. The molecule has 24 heavy (non-hydrogen) atoms. The van der Waals surface area contributed by atoms with Crippen LogP contribution in [0.4, 0.5) is 14.6 Å². The average molecular weight is 334 g/mol. The van der Waals surface area contributed by atoms with Gasteiger partial charge in [-0.15, -0.1) is 0 Å². The smallest absolute Gasteiger partial charge is 0.257 e. The molecule has 2 fully saturated rings. The van der Waals surface area contributed by atoms with Crippen LogP contribution in [0.3, 0.4) is 0 Å². The molecule has 0 aliphatic carbocycles. The minimum Gasteiger partial charge on any atom is -0.468 e. The Balaban J connectivity index is 1.53. The number of likely N-dealkylation sites (tertiary alicyclic amines) is 1. The maximum Gasteiger partial charge on any atom is 0.257 e. The maximum atomic E-state index is 14.8. The summed E-state index contributed by atoms with van der Waals surface area (Å²) in [6, 6.07) is 3.72. The first-order valence-corrected chi connectivity index (χ1v) is 8.22. The van der Waals surface area contributed by atoms with Crippen molar-refractivity contribution in [1.29, 1.82) is 0 Å². The highest BCUT2D eigenvalue weighted by Crippen LogP contribution is 2.50. The molecule has 4 rings (SSSR count). The third kappa shape index (κ3) is 2.66. The number of anilines is 1. The van der Waals surface area contributed by atoms with Gasteiger partial charge in [-0.1, -0.05) is 0 Å². The van der Waals surface area contributed by atoms with E-state index >= 15 is 0 Å². The second-order valence-electron chi connectivity index (χ2n) is 6.76. The number of hydrogen-bond acceptors (Lipinski definition) is 5. The molecular weight excluding hydrogens is 314 g/mol. The Kier molecular flexibility index (Phi) is 3.75. The number of aromatic nitrogens is 2. The molecule has 4 heterocycles. The van der Waals surface area contributed by atoms with E-state index in [1.807, 2.05) is 17.0 Å². The quantitative estimate of drug-likeness (QED) is 0.864. The molecule has 2 aromatic rings. The molecule has 2 aliphatic rings. The molecule has 2 aromatic heterocycles. The average Bonchev–Trinajstić information content (AvgIpc) is 3.23. The highest BCUT2D eigenvalue weighted by molar-refractivity contribution is 5.38. The van der Waals surface area contributed by atoms with Crippen LogP contribution in [0.15, 0.2) is 41.4 Å². The molecule has 1 spiro atoms. The van der Waals surface area contributed by atoms with E-state index in [1.165, 1.54) is 0 Å². The summed E-state index contributed by atoms with van der Waals surface area (Å²) in [5.74, 6) is -1.17. The van der Waals surface area contributed by atoms with Crippen molar-refractivity contribution in [3.63, 3.8) is 0 Å². The molecule has 0 saturated carbocycles. The van der Waals surface area contributed by atoms with Crippen LogP contribution in [-0.2, 0) is 6.54 Å². The van der Waals surface area contributed by atoms with Gasteiger partial charge in [0.1, 0.15) is 11.6 Å². The number of hydrogen-bond donors (Lipinski definition) is 0. The minimum atomic E-state index is -2.66. The summed E-state index contributed by atoms with van der Waals surface area (Å²) in [4.78, 5) is 12.3. The van der Waals surface area contributed by atoms with Gasteiger partial charge in [-0.25, -0.2) is 13.8 Å². The van der Waals surface area contributed by atoms with Crippen LogP contribution in [-0.4, -0.2) is 47.0 Å². The van der Waals surface area contributed by atoms with Gasteiger partial charge in [-0.2, -0.15) is 0 Å². The number of nitrogens with zero attached hydrogens (tertiary/aromatic N) is 4. The number of piperidine rings is 1. The van der Waals surface area contributed by atoms with Gasteiger partial charge < -0.3 is 9.32 Å². The molecule has 0 N–H and O–H groups in total. The molecule has 0 radical (unpaired) electrons. The first-order chi connectivity index (χ1) is 11.6. The van der Waals surface area contributed by atoms with Crippen LogP contribution < -0.4 is 4.90 Å². The van der Waals surface area contributed by atoms with Gasteiger partial charge in [0.2, 0.25) is 0 Å². The Morgan fingerprint density at radius 2 is 2.08 bits per heavy atom. The molecular formula is C17H20F2N4O. The lowest BCUT2D eigenvalue weighted by atomic mass is 9.75. The van der Waals surface area contributed by atoms with Crippen LogP contribution in [0.2, 0.25) is 0 Å². The summed E-state index contributed by atoms with van der Waals surface area (Å²) < 4.78 is 35.0. The van der Waals surface area contributed by atoms with Gasteiger partial charge in [0.05, 0.1) is 24.4 Å². The summed E-state index contributed by atoms with van der Waals surface area (Å²) in [7, 11) is 0. The molecule has 128 valence electrons. The molecule has 1 atom stereocenters. The van der Waals surface area contributed by atoms with Crippen molar-refractivity contribution in [1.82, 2.24) is 14.9 Å². The van der Waals surface area contributed by atoms with E-state index in [-0.39, 0.29) is 6.42 Å². The van der Waals surface area contributed by atoms with Crippen molar-refractivity contribution in [2.24, 2.45) is 5.41 Å². The molecule has 1 unspecified atom stereocenters. The molecule has 2 aliphatic heterocycles. The fourth-order valence-corrected chi connectivity index (χ4v) is 3.89. The Morgan fingerprint density at radius 1 is 1.17 bits per heavy atom. The Labute approximate surface area is 139 Å². The fourth-order valence-electron chi connectivity index (χ4n) is 3.89. The van der Waals surface area contributed by atoms with E-state index in [9.17, 15) is 8.78 Å². The van der Waals surface area contributed by atoms with Crippen LogP contribution in [0, 0.1) is 5.41 Å². The van der Waals surface area contributed by atoms with Gasteiger partial charge in [0.15, 0.2) is 0 Å². The zero-order valence-corrected chi connectivity index (χ0v) is 13.4. The standard InChI is InChI=1S/C17H20F2N4O/c18-17(19)4-7-22(11-14-2-1-9-24-14)12-16(17)3-8-23(13-16)15-10-20-5-6-21-15/h1-2,5-6,9-10H,3-4,7-8,11-13H2. The Hall–Kier alpha value is -2.02. The molecule has 0 bridgehead atoms. The van der Waals surface area contributed by atoms with Crippen molar-refractivity contribution >= 4 is 5.82 Å². The summed E-state index contributed by atoms with van der Waals surface area (Å²) in [6.45, 7) is 2.24. The van der Waals surface area contributed by atoms with E-state index < -0.39 is 11.3 Å². The number of alkyl halides is 2. The van der Waals surface area contributed by atoms with Gasteiger partial charge in [-0.3, -0.25) is 9.88 Å². The second kappa shape index (κ2) is 5.81. The van der Waals surface area contributed by atoms with Gasteiger partial charge in [0, 0.05) is 45.0 Å². The summed E-state index contributed by atoms with van der Waals surface area (Å²) in [5, 5.41) is 0. The zero-order valence-electron chi connectivity index (χ0n) is 13.4. The van der Waals surface area contributed by atoms with E-state index in [0.29, 0.717) is 45.0 Å². The van der Waals surface area contributed by atoms with Crippen LogP contribution in [0.5, 0.6) is 0 Å². The van der Waals surface area contributed by atoms with Crippen molar-refractivity contribution in [2.75, 3.05) is 31.1 Å². The van der Waals surface area contributed by atoms with Gasteiger partial charge in [0.25, 0.3) is 5.92 Å². The monoisotopic (exact) mass is 334 g/mol. The minimum absolute atomic E-state index is 0.109. The lowest BCUT2D eigenvalue weighted by Crippen LogP contribution is -2.56. The normalized spacial score (nSPS) is 27.0. The second-order valence-corrected chi connectivity index (χ2v) is 6.76. The van der Waals surface area contributed by atoms with Crippen molar-refractivity contribution in [3.8, 4) is 0 Å². The molecule has 0 aromatic carbocycles. The first-order valence-electron chi connectivity index (χ1n) is 8.22. The van der Waals surface area contributed by atoms with E-state index in [1.54, 1.807) is 24.9 Å². The number of halogens is 2. The Morgan fingerprint density at radius 3 is 2.83 bits per heavy atom. The molecule has 5 nitrogen and oxygen atoms in total. The van der Waals surface area contributed by atoms with Gasteiger partial charge in [-0.05, 0) is 18.6 Å². The third-order valence-corrected chi connectivity index (χ3v) is 5.23. The lowest BCUT2D eigenvalue weighted by molar-refractivity contribution is -0.159.